The summed E-state index contributed by atoms with van der Waals surface area (Å²) < 4.78 is 38.6. The van der Waals surface area contributed by atoms with E-state index in [0.717, 1.165) is 6.07 Å². The van der Waals surface area contributed by atoms with Gasteiger partial charge in [0.05, 0.1) is 10.6 Å². The molecule has 1 saturated heterocycles. The summed E-state index contributed by atoms with van der Waals surface area (Å²) in [5, 5.41) is 11.1. The molecule has 0 bridgehead atoms. The number of urea groups is 1. The van der Waals surface area contributed by atoms with E-state index in [1.165, 1.54) is 35.2 Å². The molecule has 4 N–H and O–H groups in total. The predicted molar refractivity (Wildman–Crippen MR) is 132 cm³/mol. The van der Waals surface area contributed by atoms with Gasteiger partial charge in [0.1, 0.15) is 11.9 Å². The van der Waals surface area contributed by atoms with Crippen LogP contribution in [0.3, 0.4) is 0 Å². The van der Waals surface area contributed by atoms with Gasteiger partial charge in [0.25, 0.3) is 0 Å². The lowest BCUT2D eigenvalue weighted by molar-refractivity contribution is -0.119. The molecule has 1 fully saturated rings. The van der Waals surface area contributed by atoms with Crippen LogP contribution < -0.4 is 15.8 Å². The van der Waals surface area contributed by atoms with Crippen LogP contribution in [0.5, 0.6) is 0 Å². The lowest BCUT2D eigenvalue weighted by Gasteiger charge is -2.24. The minimum absolute atomic E-state index is 0.0863. The number of sulfonamides is 1. The smallest absolute Gasteiger partial charge is 0.322 e. The van der Waals surface area contributed by atoms with Gasteiger partial charge >= 0.3 is 6.03 Å². The monoisotopic (exact) mass is 516 g/mol. The van der Waals surface area contributed by atoms with Crippen molar-refractivity contribution < 1.29 is 22.4 Å². The van der Waals surface area contributed by atoms with Crippen LogP contribution in [0.15, 0.2) is 71.6 Å². The number of amides is 3. The SMILES string of the molecule is NS(=O)(=O)c1ccccc1-c1ccc(NC(=O)[C@@H]2CCCN2C(=O)Nc2ccc(Cl)cc2)c(F)c1. The summed E-state index contributed by atoms with van der Waals surface area (Å²) in [5.41, 5.74) is 0.978. The highest BCUT2D eigenvalue weighted by atomic mass is 35.5. The molecule has 1 aliphatic heterocycles. The average molecular weight is 517 g/mol. The molecule has 0 aromatic heterocycles. The summed E-state index contributed by atoms with van der Waals surface area (Å²) in [6, 6.07) is 15.3. The van der Waals surface area contributed by atoms with Crippen LogP contribution in [0.1, 0.15) is 12.8 Å². The molecule has 0 radical (unpaired) electrons. The number of rotatable bonds is 5. The molecule has 0 aliphatic carbocycles. The van der Waals surface area contributed by atoms with E-state index in [1.54, 1.807) is 30.3 Å². The van der Waals surface area contributed by atoms with Gasteiger partial charge in [-0.2, -0.15) is 0 Å². The fourth-order valence-electron chi connectivity index (χ4n) is 3.96. The molecule has 182 valence electrons. The molecule has 0 unspecified atom stereocenters. The fraction of sp³-hybridized carbons (Fsp3) is 0.167. The minimum atomic E-state index is -4.02. The molecule has 0 spiro atoms. The molecule has 1 heterocycles. The standard InChI is InChI=1S/C24H22ClFN4O4S/c25-16-8-10-17(11-9-16)28-24(32)30-13-3-5-21(30)23(31)29-20-12-7-15(14-19(20)26)18-4-1-2-6-22(18)35(27,33)34/h1-2,4,6-12,14,21H,3,5,13H2,(H,28,32)(H,29,31)(H2,27,33,34)/t21-/m0/s1. The summed E-state index contributed by atoms with van der Waals surface area (Å²) in [6.07, 6.45) is 1.05. The first-order valence-electron chi connectivity index (χ1n) is 10.7. The molecule has 3 amide bonds. The third kappa shape index (κ3) is 5.61. The predicted octanol–water partition coefficient (Wildman–Crippen LogP) is 4.43. The number of nitrogens with one attached hydrogen (secondary N) is 2. The van der Waals surface area contributed by atoms with Crippen LogP contribution in [0.25, 0.3) is 11.1 Å². The van der Waals surface area contributed by atoms with Gasteiger partial charge in [0.2, 0.25) is 15.9 Å². The van der Waals surface area contributed by atoms with Gasteiger partial charge in [-0.05, 0) is 60.9 Å². The van der Waals surface area contributed by atoms with E-state index in [0.29, 0.717) is 30.1 Å². The summed E-state index contributed by atoms with van der Waals surface area (Å²) in [7, 11) is -4.02. The van der Waals surface area contributed by atoms with Crippen molar-refractivity contribution in [2.45, 2.75) is 23.8 Å². The Morgan fingerprint density at radius 1 is 1.03 bits per heavy atom. The van der Waals surface area contributed by atoms with Crippen LogP contribution in [0, 0.1) is 5.82 Å². The molecule has 3 aromatic rings. The van der Waals surface area contributed by atoms with Gasteiger partial charge in [0.15, 0.2) is 0 Å². The van der Waals surface area contributed by atoms with Crippen molar-refractivity contribution in [3.8, 4) is 11.1 Å². The molecule has 0 saturated carbocycles. The third-order valence-electron chi connectivity index (χ3n) is 5.64. The Labute approximate surface area is 206 Å². The summed E-state index contributed by atoms with van der Waals surface area (Å²) >= 11 is 5.86. The lowest BCUT2D eigenvalue weighted by Crippen LogP contribution is -2.45. The van der Waals surface area contributed by atoms with Crippen molar-refractivity contribution >= 4 is 44.9 Å². The van der Waals surface area contributed by atoms with Crippen molar-refractivity contribution in [1.82, 2.24) is 4.90 Å². The quantitative estimate of drug-likeness (QED) is 0.464. The normalized spacial score (nSPS) is 15.6. The summed E-state index contributed by atoms with van der Waals surface area (Å²) in [6.45, 7) is 0.378. The average Bonchev–Trinajstić information content (AvgIpc) is 3.32. The Morgan fingerprint density at radius 3 is 2.43 bits per heavy atom. The Kier molecular flexibility index (Phi) is 7.06. The maximum Gasteiger partial charge on any atom is 0.322 e. The van der Waals surface area contributed by atoms with Crippen LogP contribution in [-0.2, 0) is 14.8 Å². The Morgan fingerprint density at radius 2 is 1.74 bits per heavy atom. The van der Waals surface area contributed by atoms with E-state index in [4.69, 9.17) is 16.7 Å². The fourth-order valence-corrected chi connectivity index (χ4v) is 4.85. The van der Waals surface area contributed by atoms with Gasteiger partial charge in [0, 0.05) is 22.8 Å². The Hall–Kier alpha value is -3.47. The number of nitrogens with two attached hydrogens (primary N) is 1. The summed E-state index contributed by atoms with van der Waals surface area (Å²) in [5.74, 6) is -1.28. The number of primary sulfonamides is 1. The number of carbonyl (C=O) groups is 2. The molecular formula is C24H22ClFN4O4S. The van der Waals surface area contributed by atoms with E-state index in [2.05, 4.69) is 10.6 Å². The molecule has 3 aromatic carbocycles. The Balaban J connectivity index is 1.49. The second-order valence-electron chi connectivity index (χ2n) is 8.01. The molecule has 1 atom stereocenters. The topological polar surface area (TPSA) is 122 Å². The Bertz CT molecular complexity index is 1380. The zero-order valence-corrected chi connectivity index (χ0v) is 19.9. The highest BCUT2D eigenvalue weighted by Gasteiger charge is 2.34. The van der Waals surface area contributed by atoms with E-state index < -0.39 is 33.8 Å². The molecule has 4 rings (SSSR count). The number of benzene rings is 3. The van der Waals surface area contributed by atoms with Crippen LogP contribution >= 0.6 is 11.6 Å². The van der Waals surface area contributed by atoms with Crippen LogP contribution in [-0.4, -0.2) is 37.8 Å². The van der Waals surface area contributed by atoms with E-state index >= 15 is 0 Å². The van der Waals surface area contributed by atoms with Crippen molar-refractivity contribution in [3.63, 3.8) is 0 Å². The number of hydrogen-bond acceptors (Lipinski definition) is 4. The molecule has 11 heteroatoms. The maximum atomic E-state index is 14.9. The third-order valence-corrected chi connectivity index (χ3v) is 6.86. The van der Waals surface area contributed by atoms with Crippen LogP contribution in [0.2, 0.25) is 5.02 Å². The molecule has 35 heavy (non-hydrogen) atoms. The number of likely N-dealkylation sites (tertiary alicyclic amines) is 1. The number of hydrogen-bond donors (Lipinski definition) is 3. The second-order valence-corrected chi connectivity index (χ2v) is 9.98. The zero-order chi connectivity index (χ0) is 25.2. The first kappa shape index (κ1) is 24.6. The highest BCUT2D eigenvalue weighted by Crippen LogP contribution is 2.30. The van der Waals surface area contributed by atoms with Gasteiger partial charge < -0.3 is 15.5 Å². The van der Waals surface area contributed by atoms with Gasteiger partial charge in [-0.25, -0.2) is 22.7 Å². The largest absolute Gasteiger partial charge is 0.322 e. The molecule has 1 aliphatic rings. The van der Waals surface area contributed by atoms with E-state index in [-0.39, 0.29) is 21.7 Å². The summed E-state index contributed by atoms with van der Waals surface area (Å²) in [4.78, 5) is 26.9. The van der Waals surface area contributed by atoms with Crippen molar-refractivity contribution in [1.29, 1.82) is 0 Å². The molecular weight excluding hydrogens is 495 g/mol. The number of anilines is 2. The van der Waals surface area contributed by atoms with Gasteiger partial charge in [-0.15, -0.1) is 0 Å². The van der Waals surface area contributed by atoms with Crippen LogP contribution in [0.4, 0.5) is 20.6 Å². The lowest BCUT2D eigenvalue weighted by atomic mass is 10.0. The van der Waals surface area contributed by atoms with Crippen molar-refractivity contribution in [2.75, 3.05) is 17.2 Å². The zero-order valence-electron chi connectivity index (χ0n) is 18.4. The maximum absolute atomic E-state index is 14.9. The van der Waals surface area contributed by atoms with Gasteiger partial charge in [-0.3, -0.25) is 4.79 Å². The van der Waals surface area contributed by atoms with Crippen molar-refractivity contribution in [2.24, 2.45) is 5.14 Å². The number of nitrogens with zero attached hydrogens (tertiary/aromatic N) is 1. The number of halogens is 2. The highest BCUT2D eigenvalue weighted by molar-refractivity contribution is 7.89. The van der Waals surface area contributed by atoms with Crippen molar-refractivity contribution in [3.05, 3.63) is 77.6 Å². The van der Waals surface area contributed by atoms with E-state index in [9.17, 15) is 22.4 Å². The van der Waals surface area contributed by atoms with Gasteiger partial charge in [-0.1, -0.05) is 35.9 Å². The first-order chi connectivity index (χ1) is 16.6. The minimum Gasteiger partial charge on any atom is -0.322 e. The first-order valence-corrected chi connectivity index (χ1v) is 12.6. The molecule has 8 nitrogen and oxygen atoms in total. The van der Waals surface area contributed by atoms with E-state index in [1.807, 2.05) is 0 Å². The number of carbonyl (C=O) groups excluding carboxylic acids is 2. The second kappa shape index (κ2) is 10.0.